The van der Waals surface area contributed by atoms with Crippen LogP contribution >= 0.6 is 22.7 Å². The molecule has 29 heavy (non-hydrogen) atoms. The van der Waals surface area contributed by atoms with Crippen LogP contribution in [-0.2, 0) is 4.74 Å². The van der Waals surface area contributed by atoms with Gasteiger partial charge in [0.2, 0.25) is 0 Å². The van der Waals surface area contributed by atoms with Crippen molar-refractivity contribution in [3.8, 4) is 21.4 Å². The Morgan fingerprint density at radius 2 is 2.00 bits per heavy atom. The summed E-state index contributed by atoms with van der Waals surface area (Å²) in [6.45, 7) is -3.12. The second-order valence-electron chi connectivity index (χ2n) is 5.38. The highest BCUT2D eigenvalue weighted by atomic mass is 32.1. The lowest BCUT2D eigenvalue weighted by atomic mass is 10.1. The lowest BCUT2D eigenvalue weighted by molar-refractivity contribution is -0.0511. The van der Waals surface area contributed by atoms with Gasteiger partial charge in [-0.05, 0) is 11.4 Å². The average Bonchev–Trinajstić information content (AvgIpc) is 3.38. The standard InChI is InChI=1S/C18H14F2N2O5S2/c1-25-11-6-9(17(24)26-2)10(7-12(11)27-18(19)20)22-15(23)14-8-21-16(29-14)13-4-3-5-28-13/h3-8,18H,1-2H3,(H,22,23). The molecule has 152 valence electrons. The van der Waals surface area contributed by atoms with Crippen molar-refractivity contribution in [1.82, 2.24) is 4.98 Å². The molecule has 3 aromatic rings. The van der Waals surface area contributed by atoms with Gasteiger partial charge in [0.05, 0.1) is 36.5 Å². The highest BCUT2D eigenvalue weighted by Crippen LogP contribution is 2.36. The van der Waals surface area contributed by atoms with Crippen molar-refractivity contribution >= 4 is 40.2 Å². The second kappa shape index (κ2) is 8.97. The van der Waals surface area contributed by atoms with Crippen molar-refractivity contribution in [2.45, 2.75) is 6.61 Å². The van der Waals surface area contributed by atoms with Crippen LogP contribution in [0, 0.1) is 0 Å². The van der Waals surface area contributed by atoms with Crippen LogP contribution in [0.25, 0.3) is 9.88 Å². The number of halogens is 2. The van der Waals surface area contributed by atoms with Crippen LogP contribution in [0.1, 0.15) is 20.0 Å². The number of nitrogens with zero attached hydrogens (tertiary/aromatic N) is 1. The number of amides is 1. The highest BCUT2D eigenvalue weighted by molar-refractivity contribution is 7.22. The maximum Gasteiger partial charge on any atom is 0.387 e. The SMILES string of the molecule is COC(=O)c1cc(OC)c(OC(F)F)cc1NC(=O)c1cnc(-c2cccs2)s1. The van der Waals surface area contributed by atoms with Gasteiger partial charge in [-0.3, -0.25) is 4.79 Å². The van der Waals surface area contributed by atoms with Crippen LogP contribution in [0.5, 0.6) is 11.5 Å². The average molecular weight is 440 g/mol. The van der Waals surface area contributed by atoms with Gasteiger partial charge in [-0.15, -0.1) is 22.7 Å². The molecule has 0 spiro atoms. The molecule has 0 aliphatic heterocycles. The van der Waals surface area contributed by atoms with Crippen molar-refractivity contribution in [2.75, 3.05) is 19.5 Å². The molecular weight excluding hydrogens is 426 g/mol. The van der Waals surface area contributed by atoms with Crippen LogP contribution in [0.3, 0.4) is 0 Å². The molecule has 1 N–H and O–H groups in total. The fourth-order valence-electron chi connectivity index (χ4n) is 2.37. The quantitative estimate of drug-likeness (QED) is 0.544. The highest BCUT2D eigenvalue weighted by Gasteiger charge is 2.22. The number of carbonyl (C=O) groups is 2. The number of ether oxygens (including phenoxy) is 3. The Kier molecular flexibility index (Phi) is 6.39. The number of hydrogen-bond acceptors (Lipinski definition) is 8. The lowest BCUT2D eigenvalue weighted by Gasteiger charge is -2.15. The molecule has 0 aliphatic rings. The molecule has 0 radical (unpaired) electrons. The predicted molar refractivity (Wildman–Crippen MR) is 104 cm³/mol. The zero-order valence-electron chi connectivity index (χ0n) is 15.1. The molecule has 7 nitrogen and oxygen atoms in total. The van der Waals surface area contributed by atoms with E-state index in [1.807, 2.05) is 17.5 Å². The van der Waals surface area contributed by atoms with Crippen LogP contribution in [0.15, 0.2) is 35.8 Å². The number of hydrogen-bond donors (Lipinski definition) is 1. The van der Waals surface area contributed by atoms with Crippen LogP contribution in [-0.4, -0.2) is 37.7 Å². The Morgan fingerprint density at radius 1 is 1.21 bits per heavy atom. The first-order chi connectivity index (χ1) is 13.9. The van der Waals surface area contributed by atoms with Crippen LogP contribution in [0.4, 0.5) is 14.5 Å². The Bertz CT molecular complexity index is 1020. The summed E-state index contributed by atoms with van der Waals surface area (Å²) in [5.41, 5.74) is -0.147. The van der Waals surface area contributed by atoms with E-state index in [1.165, 1.54) is 24.6 Å². The number of anilines is 1. The Hall–Kier alpha value is -3.05. The molecule has 0 bridgehead atoms. The fourth-order valence-corrected chi connectivity index (χ4v) is 3.98. The van der Waals surface area contributed by atoms with E-state index < -0.39 is 18.5 Å². The Labute approximate surface area is 171 Å². The number of methoxy groups -OCH3 is 2. The van der Waals surface area contributed by atoms with E-state index in [0.29, 0.717) is 5.01 Å². The molecule has 1 aromatic carbocycles. The zero-order valence-corrected chi connectivity index (χ0v) is 16.7. The summed E-state index contributed by atoms with van der Waals surface area (Å²) in [6.07, 6.45) is 1.40. The summed E-state index contributed by atoms with van der Waals surface area (Å²) in [7, 11) is 2.39. The predicted octanol–water partition coefficient (Wildman–Crippen LogP) is 4.52. The van der Waals surface area contributed by atoms with E-state index in [9.17, 15) is 18.4 Å². The number of benzene rings is 1. The second-order valence-corrected chi connectivity index (χ2v) is 7.36. The van der Waals surface area contributed by atoms with Crippen molar-refractivity contribution in [2.24, 2.45) is 0 Å². The molecule has 0 saturated heterocycles. The number of aromatic nitrogens is 1. The van der Waals surface area contributed by atoms with Crippen molar-refractivity contribution in [3.05, 3.63) is 46.3 Å². The number of rotatable bonds is 7. The first-order valence-corrected chi connectivity index (χ1v) is 9.68. The summed E-state index contributed by atoms with van der Waals surface area (Å²) in [5.74, 6) is -1.80. The first-order valence-electron chi connectivity index (χ1n) is 7.99. The van der Waals surface area contributed by atoms with Crippen molar-refractivity contribution in [1.29, 1.82) is 0 Å². The maximum absolute atomic E-state index is 12.7. The molecule has 0 aliphatic carbocycles. The van der Waals surface area contributed by atoms with Crippen molar-refractivity contribution < 1.29 is 32.6 Å². The maximum atomic E-state index is 12.7. The fraction of sp³-hybridized carbons (Fsp3) is 0.167. The molecule has 0 fully saturated rings. The van der Waals surface area contributed by atoms with E-state index in [-0.39, 0.29) is 27.6 Å². The van der Waals surface area contributed by atoms with Crippen LogP contribution in [0.2, 0.25) is 0 Å². The lowest BCUT2D eigenvalue weighted by Crippen LogP contribution is -2.15. The molecule has 11 heteroatoms. The Morgan fingerprint density at radius 3 is 2.62 bits per heavy atom. The zero-order chi connectivity index (χ0) is 21.0. The van der Waals surface area contributed by atoms with Gasteiger partial charge >= 0.3 is 12.6 Å². The van der Waals surface area contributed by atoms with Gasteiger partial charge in [0.25, 0.3) is 5.91 Å². The normalized spacial score (nSPS) is 10.7. The molecule has 0 unspecified atom stereocenters. The van der Waals surface area contributed by atoms with Gasteiger partial charge in [-0.2, -0.15) is 8.78 Å². The third kappa shape index (κ3) is 4.69. The van der Waals surface area contributed by atoms with Gasteiger partial charge < -0.3 is 19.5 Å². The topological polar surface area (TPSA) is 86.8 Å². The molecule has 0 atom stereocenters. The summed E-state index contributed by atoms with van der Waals surface area (Å²) in [6, 6.07) is 5.98. The third-order valence-corrected chi connectivity index (χ3v) is 5.67. The minimum atomic E-state index is -3.12. The van der Waals surface area contributed by atoms with Crippen molar-refractivity contribution in [3.63, 3.8) is 0 Å². The molecule has 2 heterocycles. The van der Waals surface area contributed by atoms with E-state index >= 15 is 0 Å². The number of alkyl halides is 2. The van der Waals surface area contributed by atoms with Gasteiger partial charge in [0.15, 0.2) is 11.5 Å². The van der Waals surface area contributed by atoms with E-state index in [4.69, 9.17) is 9.47 Å². The summed E-state index contributed by atoms with van der Waals surface area (Å²) >= 11 is 2.64. The van der Waals surface area contributed by atoms with Gasteiger partial charge in [0, 0.05) is 12.1 Å². The Balaban J connectivity index is 1.93. The van der Waals surface area contributed by atoms with E-state index in [2.05, 4.69) is 15.0 Å². The largest absolute Gasteiger partial charge is 0.493 e. The minimum Gasteiger partial charge on any atom is -0.493 e. The van der Waals surface area contributed by atoms with Gasteiger partial charge in [-0.25, -0.2) is 9.78 Å². The third-order valence-electron chi connectivity index (χ3n) is 3.63. The molecule has 2 aromatic heterocycles. The smallest absolute Gasteiger partial charge is 0.387 e. The molecule has 0 saturated carbocycles. The summed E-state index contributed by atoms with van der Waals surface area (Å²) in [5, 5.41) is 5.07. The van der Waals surface area contributed by atoms with E-state index in [1.54, 1.807) is 0 Å². The number of thiazole rings is 1. The molecular formula is C18H14F2N2O5S2. The van der Waals surface area contributed by atoms with Gasteiger partial charge in [0.1, 0.15) is 9.88 Å². The van der Waals surface area contributed by atoms with E-state index in [0.717, 1.165) is 35.5 Å². The summed E-state index contributed by atoms with van der Waals surface area (Å²) < 4.78 is 39.5. The van der Waals surface area contributed by atoms with Gasteiger partial charge in [-0.1, -0.05) is 6.07 Å². The number of thiophene rings is 1. The summed E-state index contributed by atoms with van der Waals surface area (Å²) in [4.78, 5) is 30.1. The monoisotopic (exact) mass is 440 g/mol. The first kappa shape index (κ1) is 20.7. The number of nitrogens with one attached hydrogen (secondary N) is 1. The van der Waals surface area contributed by atoms with Crippen LogP contribution < -0.4 is 14.8 Å². The molecule has 1 amide bonds. The minimum absolute atomic E-state index is 0.0654. The number of carbonyl (C=O) groups excluding carboxylic acids is 2. The molecule has 3 rings (SSSR count). The number of esters is 1.